The molecule has 0 spiro atoms. The maximum absolute atomic E-state index is 12.1. The topological polar surface area (TPSA) is 55.8 Å². The summed E-state index contributed by atoms with van der Waals surface area (Å²) < 4.78 is 35.4. The Hall–Kier alpha value is -1.89. The van der Waals surface area contributed by atoms with Gasteiger partial charge in [-0.3, -0.25) is 9.08 Å². The van der Waals surface area contributed by atoms with E-state index in [1.54, 1.807) is 7.11 Å². The fourth-order valence-corrected chi connectivity index (χ4v) is 5.84. The van der Waals surface area contributed by atoms with Gasteiger partial charge >= 0.3 is 0 Å². The third kappa shape index (κ3) is 4.06. The summed E-state index contributed by atoms with van der Waals surface area (Å²) in [5, 5.41) is 0. The Morgan fingerprint density at radius 1 is 1.14 bits per heavy atom. The van der Waals surface area contributed by atoms with E-state index in [1.165, 1.54) is 16.7 Å². The first-order valence-electron chi connectivity index (χ1n) is 10.3. The van der Waals surface area contributed by atoms with Crippen molar-refractivity contribution in [2.45, 2.75) is 44.4 Å². The number of hydrogen-bond acceptors (Lipinski definition) is 5. The number of likely N-dealkylation sites (N-methyl/N-ethyl adjacent to an activating group) is 1. The third-order valence-electron chi connectivity index (χ3n) is 6.40. The minimum Gasteiger partial charge on any atom is -0.497 e. The van der Waals surface area contributed by atoms with Gasteiger partial charge in [0.15, 0.2) is 0 Å². The molecule has 0 radical (unpaired) electrons. The molecule has 2 aliphatic rings. The van der Waals surface area contributed by atoms with Crippen LogP contribution in [0.3, 0.4) is 0 Å². The zero-order valence-corrected chi connectivity index (χ0v) is 18.1. The Balaban J connectivity index is 1.76. The highest BCUT2D eigenvalue weighted by molar-refractivity contribution is 7.86. The predicted molar refractivity (Wildman–Crippen MR) is 114 cm³/mol. The molecule has 1 aliphatic carbocycles. The maximum Gasteiger partial charge on any atom is 0.265 e. The van der Waals surface area contributed by atoms with Crippen molar-refractivity contribution in [1.82, 2.24) is 4.90 Å². The average molecular weight is 416 g/mol. The molecule has 4 unspecified atom stereocenters. The van der Waals surface area contributed by atoms with Gasteiger partial charge in [-0.25, -0.2) is 0 Å². The van der Waals surface area contributed by atoms with Crippen LogP contribution in [0.15, 0.2) is 48.5 Å². The van der Waals surface area contributed by atoms with Crippen LogP contribution in [0, 0.1) is 5.92 Å². The number of likely N-dealkylation sites (tertiary alicyclic amines) is 1. The molecule has 0 amide bonds. The fraction of sp³-hybridized carbons (Fsp3) is 0.478. The summed E-state index contributed by atoms with van der Waals surface area (Å²) in [6.45, 7) is 2.83. The highest BCUT2D eigenvalue weighted by atomic mass is 32.2. The second-order valence-electron chi connectivity index (χ2n) is 8.07. The molecule has 0 bridgehead atoms. The molecular formula is C23H29NO4S. The van der Waals surface area contributed by atoms with E-state index in [0.29, 0.717) is 5.92 Å². The molecule has 156 valence electrons. The van der Waals surface area contributed by atoms with E-state index in [2.05, 4.69) is 48.2 Å². The minimum absolute atomic E-state index is 0.0352. The lowest BCUT2D eigenvalue weighted by atomic mass is 9.73. The number of benzene rings is 2. The van der Waals surface area contributed by atoms with Gasteiger partial charge in [0.2, 0.25) is 0 Å². The van der Waals surface area contributed by atoms with E-state index in [1.807, 2.05) is 12.1 Å². The number of rotatable bonds is 6. The molecule has 1 aliphatic heterocycles. The van der Waals surface area contributed by atoms with Crippen molar-refractivity contribution in [1.29, 1.82) is 0 Å². The molecule has 4 atom stereocenters. The van der Waals surface area contributed by atoms with E-state index >= 15 is 0 Å². The van der Waals surface area contributed by atoms with Crippen LogP contribution in [0.25, 0.3) is 0 Å². The Bertz CT molecular complexity index is 960. The summed E-state index contributed by atoms with van der Waals surface area (Å²) in [6, 6.07) is 16.8. The van der Waals surface area contributed by atoms with Crippen LogP contribution in [0.5, 0.6) is 5.75 Å². The van der Waals surface area contributed by atoms with Gasteiger partial charge in [-0.05, 0) is 60.5 Å². The lowest BCUT2D eigenvalue weighted by Gasteiger charge is -2.32. The van der Waals surface area contributed by atoms with Gasteiger partial charge in [-0.1, -0.05) is 43.3 Å². The van der Waals surface area contributed by atoms with Gasteiger partial charge < -0.3 is 4.74 Å². The Kier molecular flexibility index (Phi) is 5.69. The molecule has 0 aromatic heterocycles. The number of aryl methyl sites for hydroxylation is 1. The highest BCUT2D eigenvalue weighted by Crippen LogP contribution is 2.50. The van der Waals surface area contributed by atoms with E-state index < -0.39 is 16.3 Å². The van der Waals surface area contributed by atoms with Gasteiger partial charge in [0.05, 0.1) is 13.4 Å². The van der Waals surface area contributed by atoms with Gasteiger partial charge in [0.25, 0.3) is 10.1 Å². The summed E-state index contributed by atoms with van der Waals surface area (Å²) in [6.07, 6.45) is 3.56. The first-order valence-corrected chi connectivity index (χ1v) is 12.1. The summed E-state index contributed by atoms with van der Waals surface area (Å²) >= 11 is 0. The van der Waals surface area contributed by atoms with Crippen LogP contribution >= 0.6 is 0 Å². The van der Waals surface area contributed by atoms with Crippen molar-refractivity contribution in [2.24, 2.45) is 5.92 Å². The molecule has 1 saturated heterocycles. The second kappa shape index (κ2) is 8.09. The molecule has 0 N–H and O–H groups in total. The molecule has 29 heavy (non-hydrogen) atoms. The summed E-state index contributed by atoms with van der Waals surface area (Å²) in [7, 11) is -1.91. The van der Waals surface area contributed by atoms with Crippen molar-refractivity contribution in [3.63, 3.8) is 0 Å². The number of hydrogen-bond donors (Lipinski definition) is 0. The van der Waals surface area contributed by atoms with Gasteiger partial charge in [-0.2, -0.15) is 8.42 Å². The van der Waals surface area contributed by atoms with Gasteiger partial charge in [-0.15, -0.1) is 0 Å². The minimum atomic E-state index is -3.58. The number of fused-ring (bicyclic) bond motifs is 3. The van der Waals surface area contributed by atoms with E-state index in [-0.39, 0.29) is 12.0 Å². The monoisotopic (exact) mass is 415 g/mol. The molecular weight excluding hydrogens is 386 g/mol. The van der Waals surface area contributed by atoms with Crippen LogP contribution in [0.1, 0.15) is 36.0 Å². The van der Waals surface area contributed by atoms with E-state index in [4.69, 9.17) is 8.92 Å². The summed E-state index contributed by atoms with van der Waals surface area (Å²) in [5.74, 6) is 1.23. The first-order chi connectivity index (χ1) is 13.9. The fourth-order valence-electron chi connectivity index (χ4n) is 5.25. The zero-order valence-electron chi connectivity index (χ0n) is 17.2. The third-order valence-corrected chi connectivity index (χ3v) is 6.94. The lowest BCUT2D eigenvalue weighted by Crippen LogP contribution is -2.41. The molecule has 0 saturated carbocycles. The van der Waals surface area contributed by atoms with Crippen molar-refractivity contribution in [3.05, 3.63) is 65.2 Å². The van der Waals surface area contributed by atoms with Crippen molar-refractivity contribution in [3.8, 4) is 5.75 Å². The summed E-state index contributed by atoms with van der Waals surface area (Å²) in [4.78, 5) is 2.25. The number of nitrogens with zero attached hydrogens (tertiary/aromatic N) is 1. The van der Waals surface area contributed by atoms with Crippen molar-refractivity contribution in [2.75, 3.05) is 19.9 Å². The van der Waals surface area contributed by atoms with Crippen LogP contribution in [0.4, 0.5) is 0 Å². The van der Waals surface area contributed by atoms with Gasteiger partial charge in [0.1, 0.15) is 12.0 Å². The largest absolute Gasteiger partial charge is 0.497 e. The van der Waals surface area contributed by atoms with Crippen LogP contribution in [-0.2, 0) is 27.1 Å². The number of ether oxygens (including phenoxy) is 1. The summed E-state index contributed by atoms with van der Waals surface area (Å²) in [5.41, 5.74) is 3.71. The standard InChI is InChI=1S/C23H29NO4S/c1-4-24-21(14-16-8-6-5-7-9-16)20-12-10-17-15-18(27-2)11-13-19(17)22(20)23(24)28-29(3,25)26/h5-9,11,13,15,20-23H,4,10,12,14H2,1-3H3. The normalized spacial score (nSPS) is 26.7. The van der Waals surface area contributed by atoms with Crippen molar-refractivity contribution >= 4 is 10.1 Å². The zero-order chi connectivity index (χ0) is 20.6. The first kappa shape index (κ1) is 20.4. The lowest BCUT2D eigenvalue weighted by molar-refractivity contribution is 0.0391. The molecule has 4 rings (SSSR count). The maximum atomic E-state index is 12.1. The van der Waals surface area contributed by atoms with Crippen LogP contribution < -0.4 is 4.74 Å². The van der Waals surface area contributed by atoms with Crippen LogP contribution in [0.2, 0.25) is 0 Å². The average Bonchev–Trinajstić information content (AvgIpc) is 2.99. The molecule has 6 heteroatoms. The number of methoxy groups -OCH3 is 1. The molecule has 2 aromatic rings. The second-order valence-corrected chi connectivity index (χ2v) is 9.67. The molecule has 5 nitrogen and oxygen atoms in total. The van der Waals surface area contributed by atoms with E-state index in [0.717, 1.165) is 37.8 Å². The molecule has 1 heterocycles. The van der Waals surface area contributed by atoms with E-state index in [9.17, 15) is 8.42 Å². The van der Waals surface area contributed by atoms with Crippen LogP contribution in [-0.4, -0.2) is 45.5 Å². The quantitative estimate of drug-likeness (QED) is 0.675. The van der Waals surface area contributed by atoms with Crippen molar-refractivity contribution < 1.29 is 17.3 Å². The Morgan fingerprint density at radius 3 is 2.55 bits per heavy atom. The predicted octanol–water partition coefficient (Wildman–Crippen LogP) is 3.59. The SMILES string of the molecule is CCN1C(Cc2ccccc2)C2CCc3cc(OC)ccc3C2C1OS(C)(=O)=O. The molecule has 2 aromatic carbocycles. The molecule has 1 fully saturated rings. The van der Waals surface area contributed by atoms with Gasteiger partial charge in [0, 0.05) is 12.0 Å². The highest BCUT2D eigenvalue weighted by Gasteiger charge is 2.52. The Labute approximate surface area is 173 Å². The Morgan fingerprint density at radius 2 is 1.90 bits per heavy atom. The smallest absolute Gasteiger partial charge is 0.265 e.